The van der Waals surface area contributed by atoms with Crippen LogP contribution in [0.3, 0.4) is 0 Å². The lowest BCUT2D eigenvalue weighted by molar-refractivity contribution is -0.135. The van der Waals surface area contributed by atoms with Crippen molar-refractivity contribution < 1.29 is 14.3 Å². The number of ether oxygens (including phenoxy) is 1. The highest BCUT2D eigenvalue weighted by atomic mass is 16.5. The lowest BCUT2D eigenvalue weighted by atomic mass is 10.2. The Morgan fingerprint density at radius 3 is 2.68 bits per heavy atom. The van der Waals surface area contributed by atoms with E-state index in [0.29, 0.717) is 38.5 Å². The monoisotopic (exact) mass is 270 g/mol. The van der Waals surface area contributed by atoms with Crippen molar-refractivity contribution in [2.24, 2.45) is 5.92 Å². The number of nitrogens with zero attached hydrogens (tertiary/aromatic N) is 1. The van der Waals surface area contributed by atoms with E-state index in [1.54, 1.807) is 4.90 Å². The van der Waals surface area contributed by atoms with E-state index in [9.17, 15) is 9.59 Å². The van der Waals surface area contributed by atoms with Crippen molar-refractivity contribution in [1.29, 1.82) is 0 Å². The minimum Gasteiger partial charge on any atom is -0.379 e. The molecule has 110 valence electrons. The van der Waals surface area contributed by atoms with E-state index in [2.05, 4.69) is 19.2 Å². The van der Waals surface area contributed by atoms with Gasteiger partial charge in [-0.2, -0.15) is 0 Å². The predicted molar refractivity (Wildman–Crippen MR) is 73.7 cm³/mol. The first kappa shape index (κ1) is 16.0. The van der Waals surface area contributed by atoms with Crippen LogP contribution in [0.15, 0.2) is 0 Å². The molecular formula is C14H26N2O3. The van der Waals surface area contributed by atoms with Gasteiger partial charge in [0.1, 0.15) is 6.04 Å². The summed E-state index contributed by atoms with van der Waals surface area (Å²) in [5.74, 6) is 0.455. The minimum absolute atomic E-state index is 0.00833. The first-order valence-electron chi connectivity index (χ1n) is 7.13. The van der Waals surface area contributed by atoms with E-state index in [-0.39, 0.29) is 23.9 Å². The van der Waals surface area contributed by atoms with Gasteiger partial charge in [0.2, 0.25) is 11.8 Å². The normalized spacial score (nSPS) is 24.6. The van der Waals surface area contributed by atoms with E-state index >= 15 is 0 Å². The first-order chi connectivity index (χ1) is 8.95. The van der Waals surface area contributed by atoms with E-state index in [1.165, 1.54) is 0 Å². The van der Waals surface area contributed by atoms with Gasteiger partial charge in [0.15, 0.2) is 0 Å². The Bertz CT molecular complexity index is 318. The summed E-state index contributed by atoms with van der Waals surface area (Å²) in [7, 11) is 0. The highest BCUT2D eigenvalue weighted by Gasteiger charge is 2.32. The zero-order valence-electron chi connectivity index (χ0n) is 12.4. The quantitative estimate of drug-likeness (QED) is 0.737. The molecule has 5 heteroatoms. The number of carbonyl (C=O) groups excluding carboxylic acids is 2. The van der Waals surface area contributed by atoms with Gasteiger partial charge in [-0.25, -0.2) is 0 Å². The molecule has 0 radical (unpaired) electrons. The molecule has 0 saturated carbocycles. The third-order valence-electron chi connectivity index (χ3n) is 3.27. The SMILES string of the molecule is CCC1NC(=O)CC(C)N(CCOCC(C)C)C1=O. The maximum atomic E-state index is 12.3. The highest BCUT2D eigenvalue weighted by molar-refractivity contribution is 5.90. The van der Waals surface area contributed by atoms with E-state index in [4.69, 9.17) is 4.74 Å². The fourth-order valence-corrected chi connectivity index (χ4v) is 2.20. The van der Waals surface area contributed by atoms with Crippen LogP contribution in [-0.4, -0.2) is 48.6 Å². The highest BCUT2D eigenvalue weighted by Crippen LogP contribution is 2.12. The summed E-state index contributed by atoms with van der Waals surface area (Å²) in [6.45, 7) is 9.79. The molecule has 5 nitrogen and oxygen atoms in total. The van der Waals surface area contributed by atoms with Gasteiger partial charge in [0, 0.05) is 25.6 Å². The molecule has 1 aliphatic rings. The van der Waals surface area contributed by atoms with E-state index < -0.39 is 0 Å². The van der Waals surface area contributed by atoms with E-state index in [0.717, 1.165) is 0 Å². The molecule has 1 N–H and O–H groups in total. The van der Waals surface area contributed by atoms with Gasteiger partial charge in [0.25, 0.3) is 0 Å². The molecule has 1 fully saturated rings. The third-order valence-corrected chi connectivity index (χ3v) is 3.27. The molecule has 1 saturated heterocycles. The molecular weight excluding hydrogens is 244 g/mol. The average Bonchev–Trinajstić information content (AvgIpc) is 2.43. The molecule has 1 heterocycles. The molecule has 0 aromatic heterocycles. The van der Waals surface area contributed by atoms with Gasteiger partial charge in [-0.1, -0.05) is 20.8 Å². The van der Waals surface area contributed by atoms with Gasteiger partial charge in [0.05, 0.1) is 6.61 Å². The van der Waals surface area contributed by atoms with Crippen molar-refractivity contribution in [2.45, 2.75) is 52.6 Å². The summed E-state index contributed by atoms with van der Waals surface area (Å²) in [6.07, 6.45) is 0.993. The van der Waals surface area contributed by atoms with Crippen LogP contribution in [0.4, 0.5) is 0 Å². The fourth-order valence-electron chi connectivity index (χ4n) is 2.20. The predicted octanol–water partition coefficient (Wildman–Crippen LogP) is 1.17. The first-order valence-corrected chi connectivity index (χ1v) is 7.13. The van der Waals surface area contributed by atoms with Crippen LogP contribution in [0.2, 0.25) is 0 Å². The Kier molecular flexibility index (Phi) is 6.28. The number of nitrogens with one attached hydrogen (secondary N) is 1. The van der Waals surface area contributed by atoms with Crippen LogP contribution < -0.4 is 5.32 Å². The van der Waals surface area contributed by atoms with Crippen molar-refractivity contribution in [3.05, 3.63) is 0 Å². The third kappa shape index (κ3) is 4.82. The van der Waals surface area contributed by atoms with Gasteiger partial charge >= 0.3 is 0 Å². The van der Waals surface area contributed by atoms with Crippen molar-refractivity contribution in [3.8, 4) is 0 Å². The largest absolute Gasteiger partial charge is 0.379 e. The Morgan fingerprint density at radius 2 is 2.11 bits per heavy atom. The molecule has 0 aliphatic carbocycles. The van der Waals surface area contributed by atoms with Crippen LogP contribution in [0, 0.1) is 5.92 Å². The second-order valence-electron chi connectivity index (χ2n) is 5.58. The summed E-state index contributed by atoms with van der Waals surface area (Å²) >= 11 is 0. The summed E-state index contributed by atoms with van der Waals surface area (Å²) in [4.78, 5) is 25.7. The lowest BCUT2D eigenvalue weighted by Crippen LogP contribution is -2.47. The summed E-state index contributed by atoms with van der Waals surface area (Å²) < 4.78 is 5.53. The minimum atomic E-state index is -0.387. The van der Waals surface area contributed by atoms with Crippen LogP contribution in [0.25, 0.3) is 0 Å². The molecule has 2 amide bonds. The van der Waals surface area contributed by atoms with Crippen LogP contribution >= 0.6 is 0 Å². The number of carbonyl (C=O) groups is 2. The molecule has 0 aromatic carbocycles. The second kappa shape index (κ2) is 7.48. The van der Waals surface area contributed by atoms with Crippen molar-refractivity contribution in [2.75, 3.05) is 19.8 Å². The smallest absolute Gasteiger partial charge is 0.245 e. The average molecular weight is 270 g/mol. The van der Waals surface area contributed by atoms with Crippen LogP contribution in [0.1, 0.15) is 40.5 Å². The van der Waals surface area contributed by atoms with Gasteiger partial charge in [-0.15, -0.1) is 0 Å². The molecule has 0 spiro atoms. The lowest BCUT2D eigenvalue weighted by Gasteiger charge is -2.28. The zero-order valence-corrected chi connectivity index (χ0v) is 12.4. The van der Waals surface area contributed by atoms with Crippen LogP contribution in [-0.2, 0) is 14.3 Å². The van der Waals surface area contributed by atoms with Gasteiger partial charge in [-0.05, 0) is 19.3 Å². The molecule has 19 heavy (non-hydrogen) atoms. The summed E-state index contributed by atoms with van der Waals surface area (Å²) in [5.41, 5.74) is 0. The Labute approximate surface area is 115 Å². The molecule has 1 aliphatic heterocycles. The molecule has 2 unspecified atom stereocenters. The Hall–Kier alpha value is -1.10. The van der Waals surface area contributed by atoms with Crippen molar-refractivity contribution in [3.63, 3.8) is 0 Å². The second-order valence-corrected chi connectivity index (χ2v) is 5.58. The molecule has 0 aromatic rings. The topological polar surface area (TPSA) is 58.6 Å². The Balaban J connectivity index is 2.56. The van der Waals surface area contributed by atoms with Gasteiger partial charge in [-0.3, -0.25) is 9.59 Å². The standard InChI is InChI=1S/C14H26N2O3/c1-5-12-14(18)16(6-7-19-9-10(2)3)11(4)8-13(17)15-12/h10-12H,5-9H2,1-4H3,(H,15,17). The van der Waals surface area contributed by atoms with Crippen molar-refractivity contribution >= 4 is 11.8 Å². The Morgan fingerprint density at radius 1 is 1.42 bits per heavy atom. The number of amides is 2. The van der Waals surface area contributed by atoms with Crippen molar-refractivity contribution in [1.82, 2.24) is 10.2 Å². The van der Waals surface area contributed by atoms with Gasteiger partial charge < -0.3 is 15.0 Å². The maximum Gasteiger partial charge on any atom is 0.245 e. The maximum absolute atomic E-state index is 12.3. The fraction of sp³-hybridized carbons (Fsp3) is 0.857. The molecule has 0 bridgehead atoms. The molecule has 1 rings (SSSR count). The molecule has 2 atom stereocenters. The zero-order chi connectivity index (χ0) is 14.4. The van der Waals surface area contributed by atoms with Crippen LogP contribution in [0.5, 0.6) is 0 Å². The van der Waals surface area contributed by atoms with E-state index in [1.807, 2.05) is 13.8 Å². The number of rotatable bonds is 6. The summed E-state index contributed by atoms with van der Waals surface area (Å²) in [6, 6.07) is -0.450. The number of hydrogen-bond donors (Lipinski definition) is 1. The summed E-state index contributed by atoms with van der Waals surface area (Å²) in [5, 5.41) is 2.78. The number of hydrogen-bond acceptors (Lipinski definition) is 3.